The third kappa shape index (κ3) is 4.79. The first-order chi connectivity index (χ1) is 10.2. The van der Waals surface area contributed by atoms with E-state index in [-0.39, 0.29) is 0 Å². The highest BCUT2D eigenvalue weighted by Crippen LogP contribution is 2.09. The smallest absolute Gasteiger partial charge is 0.191 e. The van der Waals surface area contributed by atoms with Crippen molar-refractivity contribution in [1.29, 1.82) is 0 Å². The molecule has 0 bridgehead atoms. The predicted octanol–water partition coefficient (Wildman–Crippen LogP) is 2.76. The van der Waals surface area contributed by atoms with Crippen LogP contribution in [-0.2, 0) is 19.5 Å². The van der Waals surface area contributed by atoms with E-state index in [0.29, 0.717) is 19.0 Å². The van der Waals surface area contributed by atoms with Gasteiger partial charge in [-0.25, -0.2) is 0 Å². The molecule has 0 aliphatic heterocycles. The number of benzene rings is 1. The van der Waals surface area contributed by atoms with E-state index in [0.717, 1.165) is 28.5 Å². The first-order valence-electron chi connectivity index (χ1n) is 6.84. The summed E-state index contributed by atoms with van der Waals surface area (Å²) in [7, 11) is 1.73. The standard InChI is InChI=1S/C15H19ClN4O/c1-3-13-8-14(21-20-13)10-19-15(17-2)18-9-11-4-6-12(16)7-5-11/h4-8H,3,9-10H2,1-2H3,(H2,17,18,19). The van der Waals surface area contributed by atoms with Crippen LogP contribution in [0.15, 0.2) is 39.8 Å². The highest BCUT2D eigenvalue weighted by atomic mass is 35.5. The summed E-state index contributed by atoms with van der Waals surface area (Å²) in [5.74, 6) is 1.50. The summed E-state index contributed by atoms with van der Waals surface area (Å²) >= 11 is 5.86. The minimum absolute atomic E-state index is 0.549. The Balaban J connectivity index is 1.81. The van der Waals surface area contributed by atoms with Crippen LogP contribution >= 0.6 is 11.6 Å². The number of nitrogens with zero attached hydrogens (tertiary/aromatic N) is 2. The zero-order chi connectivity index (χ0) is 15.1. The molecule has 0 amide bonds. The van der Waals surface area contributed by atoms with E-state index in [1.807, 2.05) is 37.3 Å². The van der Waals surface area contributed by atoms with Crippen LogP contribution in [-0.4, -0.2) is 18.2 Å². The van der Waals surface area contributed by atoms with Gasteiger partial charge in [0.05, 0.1) is 12.2 Å². The minimum atomic E-state index is 0.549. The van der Waals surface area contributed by atoms with Crippen molar-refractivity contribution >= 4 is 17.6 Å². The van der Waals surface area contributed by atoms with Gasteiger partial charge in [-0.15, -0.1) is 0 Å². The van der Waals surface area contributed by atoms with Gasteiger partial charge in [-0.1, -0.05) is 35.8 Å². The number of guanidine groups is 1. The van der Waals surface area contributed by atoms with Crippen LogP contribution < -0.4 is 10.6 Å². The Bertz CT molecular complexity index is 592. The molecule has 0 fully saturated rings. The highest BCUT2D eigenvalue weighted by Gasteiger charge is 2.04. The number of nitrogens with one attached hydrogen (secondary N) is 2. The molecule has 0 aliphatic rings. The van der Waals surface area contributed by atoms with E-state index in [1.165, 1.54) is 0 Å². The SMILES string of the molecule is CCc1cc(CNC(=NC)NCc2ccc(Cl)cc2)on1. The molecule has 0 spiro atoms. The van der Waals surface area contributed by atoms with Gasteiger partial charge >= 0.3 is 0 Å². The Labute approximate surface area is 129 Å². The van der Waals surface area contributed by atoms with Gasteiger partial charge in [0.1, 0.15) is 0 Å². The first kappa shape index (κ1) is 15.4. The van der Waals surface area contributed by atoms with Crippen LogP contribution in [0.1, 0.15) is 23.9 Å². The lowest BCUT2D eigenvalue weighted by atomic mass is 10.2. The number of aromatic nitrogens is 1. The monoisotopic (exact) mass is 306 g/mol. The molecule has 21 heavy (non-hydrogen) atoms. The molecule has 2 N–H and O–H groups in total. The molecule has 112 valence electrons. The second-order valence-electron chi connectivity index (χ2n) is 4.54. The molecule has 0 unspecified atom stereocenters. The Hall–Kier alpha value is -2.01. The Kier molecular flexibility index (Phi) is 5.63. The second-order valence-corrected chi connectivity index (χ2v) is 4.98. The van der Waals surface area contributed by atoms with Crippen LogP contribution in [0.4, 0.5) is 0 Å². The van der Waals surface area contributed by atoms with Crippen LogP contribution in [0.2, 0.25) is 5.02 Å². The zero-order valence-electron chi connectivity index (χ0n) is 12.2. The number of hydrogen-bond donors (Lipinski definition) is 2. The Morgan fingerprint density at radius 1 is 1.24 bits per heavy atom. The topological polar surface area (TPSA) is 62.5 Å². The van der Waals surface area contributed by atoms with Crippen molar-refractivity contribution in [2.45, 2.75) is 26.4 Å². The molecule has 0 atom stereocenters. The lowest BCUT2D eigenvalue weighted by Crippen LogP contribution is -2.36. The fourth-order valence-corrected chi connectivity index (χ4v) is 1.91. The van der Waals surface area contributed by atoms with Crippen LogP contribution in [0, 0.1) is 0 Å². The van der Waals surface area contributed by atoms with Crippen molar-refractivity contribution < 1.29 is 4.52 Å². The molecule has 1 aromatic heterocycles. The molecule has 0 saturated heterocycles. The maximum atomic E-state index is 5.86. The van der Waals surface area contributed by atoms with Gasteiger partial charge in [-0.05, 0) is 24.1 Å². The van der Waals surface area contributed by atoms with Gasteiger partial charge in [-0.2, -0.15) is 0 Å². The van der Waals surface area contributed by atoms with Gasteiger partial charge < -0.3 is 15.2 Å². The summed E-state index contributed by atoms with van der Waals surface area (Å²) in [6.45, 7) is 3.27. The summed E-state index contributed by atoms with van der Waals surface area (Å²) in [5.41, 5.74) is 2.09. The predicted molar refractivity (Wildman–Crippen MR) is 84.4 cm³/mol. The largest absolute Gasteiger partial charge is 0.359 e. The van der Waals surface area contributed by atoms with Crippen LogP contribution in [0.5, 0.6) is 0 Å². The number of rotatable bonds is 5. The van der Waals surface area contributed by atoms with E-state index in [1.54, 1.807) is 7.05 Å². The molecule has 6 heteroatoms. The van der Waals surface area contributed by atoms with E-state index in [9.17, 15) is 0 Å². The molecule has 0 aliphatic carbocycles. The summed E-state index contributed by atoms with van der Waals surface area (Å²) in [6, 6.07) is 9.64. The fourth-order valence-electron chi connectivity index (χ4n) is 1.79. The van der Waals surface area contributed by atoms with Gasteiger partial charge in [0, 0.05) is 24.7 Å². The molecule has 2 aromatic rings. The summed E-state index contributed by atoms with van der Waals surface area (Å²) in [6.07, 6.45) is 0.868. The average molecular weight is 307 g/mol. The summed E-state index contributed by atoms with van der Waals surface area (Å²) < 4.78 is 5.22. The van der Waals surface area contributed by atoms with Crippen LogP contribution in [0.3, 0.4) is 0 Å². The van der Waals surface area contributed by atoms with Gasteiger partial charge in [-0.3, -0.25) is 4.99 Å². The maximum absolute atomic E-state index is 5.86. The van der Waals surface area contributed by atoms with Gasteiger partial charge in [0.2, 0.25) is 0 Å². The average Bonchev–Trinajstić information content (AvgIpc) is 2.97. The van der Waals surface area contributed by atoms with Gasteiger partial charge in [0.25, 0.3) is 0 Å². The Morgan fingerprint density at radius 2 is 1.95 bits per heavy atom. The van der Waals surface area contributed by atoms with E-state index in [4.69, 9.17) is 16.1 Å². The normalized spacial score (nSPS) is 11.5. The number of aliphatic imine (C=N–C) groups is 1. The molecule has 2 rings (SSSR count). The number of aryl methyl sites for hydroxylation is 1. The van der Waals surface area contributed by atoms with E-state index >= 15 is 0 Å². The maximum Gasteiger partial charge on any atom is 0.191 e. The van der Waals surface area contributed by atoms with Crippen molar-refractivity contribution in [2.24, 2.45) is 4.99 Å². The van der Waals surface area contributed by atoms with E-state index in [2.05, 4.69) is 20.8 Å². The molecular weight excluding hydrogens is 288 g/mol. The third-order valence-electron chi connectivity index (χ3n) is 3.00. The van der Waals surface area contributed by atoms with Crippen molar-refractivity contribution in [3.8, 4) is 0 Å². The lowest BCUT2D eigenvalue weighted by Gasteiger charge is -2.10. The second kappa shape index (κ2) is 7.69. The molecule has 1 aromatic carbocycles. The summed E-state index contributed by atoms with van der Waals surface area (Å²) in [5, 5.41) is 11.1. The first-order valence-corrected chi connectivity index (χ1v) is 7.22. The van der Waals surface area contributed by atoms with E-state index < -0.39 is 0 Å². The third-order valence-corrected chi connectivity index (χ3v) is 3.25. The molecule has 0 saturated carbocycles. The number of halogens is 1. The van der Waals surface area contributed by atoms with Gasteiger partial charge in [0.15, 0.2) is 11.7 Å². The highest BCUT2D eigenvalue weighted by molar-refractivity contribution is 6.30. The molecule has 1 heterocycles. The molecular formula is C15H19ClN4O. The Morgan fingerprint density at radius 3 is 2.57 bits per heavy atom. The fraction of sp³-hybridized carbons (Fsp3) is 0.333. The molecule has 0 radical (unpaired) electrons. The van der Waals surface area contributed by atoms with Crippen molar-refractivity contribution in [1.82, 2.24) is 15.8 Å². The summed E-state index contributed by atoms with van der Waals surface area (Å²) in [4.78, 5) is 4.17. The van der Waals surface area contributed by atoms with Crippen molar-refractivity contribution in [3.05, 3.63) is 52.4 Å². The zero-order valence-corrected chi connectivity index (χ0v) is 12.9. The number of hydrogen-bond acceptors (Lipinski definition) is 3. The molecule has 5 nitrogen and oxygen atoms in total. The minimum Gasteiger partial charge on any atom is -0.359 e. The lowest BCUT2D eigenvalue weighted by molar-refractivity contribution is 0.374. The quantitative estimate of drug-likeness (QED) is 0.658. The van der Waals surface area contributed by atoms with Crippen molar-refractivity contribution in [3.63, 3.8) is 0 Å². The van der Waals surface area contributed by atoms with Crippen LogP contribution in [0.25, 0.3) is 0 Å². The van der Waals surface area contributed by atoms with Crippen molar-refractivity contribution in [2.75, 3.05) is 7.05 Å².